The van der Waals surface area contributed by atoms with Gasteiger partial charge in [-0.1, -0.05) is 19.8 Å². The van der Waals surface area contributed by atoms with E-state index in [1.54, 1.807) is 18.2 Å². The van der Waals surface area contributed by atoms with Crippen molar-refractivity contribution in [1.82, 2.24) is 5.32 Å². The van der Waals surface area contributed by atoms with Gasteiger partial charge in [-0.05, 0) is 24.6 Å². The molecule has 0 aromatic heterocycles. The van der Waals surface area contributed by atoms with Crippen LogP contribution in [-0.4, -0.2) is 12.5 Å². The highest BCUT2D eigenvalue weighted by Crippen LogP contribution is 2.15. The molecule has 0 bridgehead atoms. The molecular formula is C12H19N3O. The molecule has 0 heterocycles. The summed E-state index contributed by atoms with van der Waals surface area (Å²) in [6.07, 6.45) is 3.26. The number of anilines is 2. The fourth-order valence-electron chi connectivity index (χ4n) is 1.46. The van der Waals surface area contributed by atoms with Crippen LogP contribution in [0.15, 0.2) is 18.2 Å². The topological polar surface area (TPSA) is 81.1 Å². The van der Waals surface area contributed by atoms with E-state index in [0.29, 0.717) is 23.5 Å². The Morgan fingerprint density at radius 2 is 2.06 bits per heavy atom. The van der Waals surface area contributed by atoms with E-state index >= 15 is 0 Å². The Bertz CT molecular complexity index is 363. The van der Waals surface area contributed by atoms with Gasteiger partial charge in [0, 0.05) is 17.9 Å². The highest BCUT2D eigenvalue weighted by molar-refractivity contribution is 5.99. The number of hydrogen-bond donors (Lipinski definition) is 3. The summed E-state index contributed by atoms with van der Waals surface area (Å²) in [5.74, 6) is -0.131. The molecule has 0 saturated carbocycles. The number of nitrogens with two attached hydrogens (primary N) is 2. The predicted molar refractivity (Wildman–Crippen MR) is 67.1 cm³/mol. The van der Waals surface area contributed by atoms with E-state index in [4.69, 9.17) is 11.5 Å². The zero-order chi connectivity index (χ0) is 12.0. The van der Waals surface area contributed by atoms with Gasteiger partial charge in [-0.3, -0.25) is 4.79 Å². The Morgan fingerprint density at radius 1 is 1.31 bits per heavy atom. The zero-order valence-corrected chi connectivity index (χ0v) is 9.62. The van der Waals surface area contributed by atoms with Gasteiger partial charge in [0.2, 0.25) is 0 Å². The van der Waals surface area contributed by atoms with E-state index < -0.39 is 0 Å². The van der Waals surface area contributed by atoms with E-state index in [1.807, 2.05) is 0 Å². The normalized spacial score (nSPS) is 10.1. The minimum Gasteiger partial charge on any atom is -0.399 e. The second kappa shape index (κ2) is 6.00. The number of benzene rings is 1. The first-order valence-electron chi connectivity index (χ1n) is 5.58. The Kier molecular flexibility index (Phi) is 4.64. The molecule has 1 aromatic carbocycles. The molecule has 88 valence electrons. The van der Waals surface area contributed by atoms with Crippen LogP contribution in [0.4, 0.5) is 11.4 Å². The number of amides is 1. The summed E-state index contributed by atoms with van der Waals surface area (Å²) in [7, 11) is 0. The van der Waals surface area contributed by atoms with Crippen LogP contribution in [0.25, 0.3) is 0 Å². The second-order valence-corrected chi connectivity index (χ2v) is 3.81. The summed E-state index contributed by atoms with van der Waals surface area (Å²) in [5, 5.41) is 2.83. The summed E-state index contributed by atoms with van der Waals surface area (Å²) >= 11 is 0. The van der Waals surface area contributed by atoms with Crippen molar-refractivity contribution in [2.45, 2.75) is 26.2 Å². The third-order valence-electron chi connectivity index (χ3n) is 2.39. The molecule has 0 unspecified atom stereocenters. The average molecular weight is 221 g/mol. The van der Waals surface area contributed by atoms with E-state index in [0.717, 1.165) is 19.3 Å². The van der Waals surface area contributed by atoms with Crippen LogP contribution in [0.3, 0.4) is 0 Å². The van der Waals surface area contributed by atoms with Crippen molar-refractivity contribution in [3.8, 4) is 0 Å². The molecular weight excluding hydrogens is 202 g/mol. The van der Waals surface area contributed by atoms with Crippen molar-refractivity contribution in [1.29, 1.82) is 0 Å². The minimum absolute atomic E-state index is 0.131. The molecule has 0 aliphatic heterocycles. The lowest BCUT2D eigenvalue weighted by Crippen LogP contribution is -2.25. The third-order valence-corrected chi connectivity index (χ3v) is 2.39. The summed E-state index contributed by atoms with van der Waals surface area (Å²) in [6.45, 7) is 2.82. The van der Waals surface area contributed by atoms with Gasteiger partial charge >= 0.3 is 0 Å². The van der Waals surface area contributed by atoms with E-state index in [9.17, 15) is 4.79 Å². The lowest BCUT2D eigenvalue weighted by molar-refractivity contribution is 0.0954. The second-order valence-electron chi connectivity index (χ2n) is 3.81. The largest absolute Gasteiger partial charge is 0.399 e. The van der Waals surface area contributed by atoms with Gasteiger partial charge in [-0.2, -0.15) is 0 Å². The van der Waals surface area contributed by atoms with Crippen LogP contribution in [0.5, 0.6) is 0 Å². The summed E-state index contributed by atoms with van der Waals surface area (Å²) in [4.78, 5) is 11.7. The highest BCUT2D eigenvalue weighted by Gasteiger charge is 2.08. The maximum absolute atomic E-state index is 11.7. The first-order chi connectivity index (χ1) is 7.65. The summed E-state index contributed by atoms with van der Waals surface area (Å²) < 4.78 is 0. The maximum atomic E-state index is 11.7. The number of nitrogens with one attached hydrogen (secondary N) is 1. The number of hydrogen-bond acceptors (Lipinski definition) is 3. The minimum atomic E-state index is -0.131. The van der Waals surface area contributed by atoms with Gasteiger partial charge in [-0.15, -0.1) is 0 Å². The standard InChI is InChI=1S/C12H19N3O/c1-2-3-4-7-15-12(16)10-6-5-9(13)8-11(10)14/h5-6,8H,2-4,7,13-14H2,1H3,(H,15,16). The Labute approximate surface area is 96.0 Å². The predicted octanol–water partition coefficient (Wildman–Crippen LogP) is 1.77. The lowest BCUT2D eigenvalue weighted by Gasteiger charge is -2.07. The number of rotatable bonds is 5. The fraction of sp³-hybridized carbons (Fsp3) is 0.417. The zero-order valence-electron chi connectivity index (χ0n) is 9.62. The number of unbranched alkanes of at least 4 members (excludes halogenated alkanes) is 2. The molecule has 16 heavy (non-hydrogen) atoms. The van der Waals surface area contributed by atoms with E-state index in [1.165, 1.54) is 0 Å². The van der Waals surface area contributed by atoms with Gasteiger partial charge in [0.1, 0.15) is 0 Å². The van der Waals surface area contributed by atoms with Gasteiger partial charge in [-0.25, -0.2) is 0 Å². The van der Waals surface area contributed by atoms with Crippen molar-refractivity contribution in [3.05, 3.63) is 23.8 Å². The molecule has 0 aliphatic rings. The third kappa shape index (κ3) is 3.46. The quantitative estimate of drug-likeness (QED) is 0.523. The molecule has 4 nitrogen and oxygen atoms in total. The summed E-state index contributed by atoms with van der Waals surface area (Å²) in [6, 6.07) is 4.93. The fourth-order valence-corrected chi connectivity index (χ4v) is 1.46. The van der Waals surface area contributed by atoms with Crippen LogP contribution in [0.2, 0.25) is 0 Å². The van der Waals surface area contributed by atoms with Gasteiger partial charge in [0.25, 0.3) is 5.91 Å². The lowest BCUT2D eigenvalue weighted by atomic mass is 10.1. The highest BCUT2D eigenvalue weighted by atomic mass is 16.1. The van der Waals surface area contributed by atoms with E-state index in [2.05, 4.69) is 12.2 Å². The molecule has 0 fully saturated rings. The maximum Gasteiger partial charge on any atom is 0.253 e. The van der Waals surface area contributed by atoms with Crippen molar-refractivity contribution in [3.63, 3.8) is 0 Å². The molecule has 1 aromatic rings. The van der Waals surface area contributed by atoms with Crippen molar-refractivity contribution in [2.75, 3.05) is 18.0 Å². The smallest absolute Gasteiger partial charge is 0.253 e. The first kappa shape index (κ1) is 12.4. The molecule has 0 aliphatic carbocycles. The number of carbonyl (C=O) groups is 1. The van der Waals surface area contributed by atoms with Crippen LogP contribution >= 0.6 is 0 Å². The Balaban J connectivity index is 2.53. The molecule has 0 radical (unpaired) electrons. The molecule has 0 saturated heterocycles. The number of carbonyl (C=O) groups excluding carboxylic acids is 1. The molecule has 5 N–H and O–H groups in total. The molecule has 1 amide bonds. The van der Waals surface area contributed by atoms with Gasteiger partial charge in [0.15, 0.2) is 0 Å². The molecule has 0 spiro atoms. The molecule has 0 atom stereocenters. The van der Waals surface area contributed by atoms with Crippen molar-refractivity contribution in [2.24, 2.45) is 0 Å². The van der Waals surface area contributed by atoms with Gasteiger partial charge < -0.3 is 16.8 Å². The molecule has 1 rings (SSSR count). The summed E-state index contributed by atoms with van der Waals surface area (Å²) in [5.41, 5.74) is 12.8. The number of nitrogen functional groups attached to an aromatic ring is 2. The van der Waals surface area contributed by atoms with Crippen molar-refractivity contribution >= 4 is 17.3 Å². The van der Waals surface area contributed by atoms with Crippen LogP contribution in [0.1, 0.15) is 36.5 Å². The van der Waals surface area contributed by atoms with Crippen LogP contribution in [0, 0.1) is 0 Å². The molecule has 4 heteroatoms. The SMILES string of the molecule is CCCCCNC(=O)c1ccc(N)cc1N. The first-order valence-corrected chi connectivity index (χ1v) is 5.58. The van der Waals surface area contributed by atoms with Crippen LogP contribution < -0.4 is 16.8 Å². The monoisotopic (exact) mass is 221 g/mol. The van der Waals surface area contributed by atoms with E-state index in [-0.39, 0.29) is 5.91 Å². The Morgan fingerprint density at radius 3 is 2.69 bits per heavy atom. The van der Waals surface area contributed by atoms with Crippen molar-refractivity contribution < 1.29 is 4.79 Å². The van der Waals surface area contributed by atoms with Crippen LogP contribution in [-0.2, 0) is 0 Å². The average Bonchev–Trinajstić information content (AvgIpc) is 2.24. The Hall–Kier alpha value is -1.71. The van der Waals surface area contributed by atoms with Gasteiger partial charge in [0.05, 0.1) is 5.56 Å².